The van der Waals surface area contributed by atoms with Crippen LogP contribution in [0.1, 0.15) is 70.6 Å². The number of hydrogen-bond donors (Lipinski definition) is 4. The summed E-state index contributed by atoms with van der Waals surface area (Å²) in [5.74, 6) is -0.187. The fourth-order valence-corrected chi connectivity index (χ4v) is 7.57. The average molecular weight is 955 g/mol. The van der Waals surface area contributed by atoms with Crippen molar-refractivity contribution in [2.75, 3.05) is 98.4 Å². The smallest absolute Gasteiger partial charge is 0.270 e. The number of aldehydes is 1. The van der Waals surface area contributed by atoms with Crippen molar-refractivity contribution < 1.29 is 33.4 Å². The maximum Gasteiger partial charge on any atom is 0.270 e. The molecule has 0 radical (unpaired) electrons. The number of aryl methyl sites for hydroxylation is 2. The summed E-state index contributed by atoms with van der Waals surface area (Å²) in [6.07, 6.45) is 11.1. The number of primary amides is 1. The van der Waals surface area contributed by atoms with Gasteiger partial charge in [-0.1, -0.05) is 61.0 Å². The van der Waals surface area contributed by atoms with Gasteiger partial charge in [0.1, 0.15) is 12.0 Å². The molecular weight excluding hydrogens is 881 g/mol. The van der Waals surface area contributed by atoms with Crippen LogP contribution in [-0.4, -0.2) is 133 Å². The Morgan fingerprint density at radius 2 is 1.43 bits per heavy atom. The summed E-state index contributed by atoms with van der Waals surface area (Å²) < 4.78 is 16.8. The van der Waals surface area contributed by atoms with Gasteiger partial charge in [0.05, 0.1) is 50.8 Å². The van der Waals surface area contributed by atoms with Crippen LogP contribution in [0.5, 0.6) is 0 Å². The molecule has 1 aliphatic rings. The minimum absolute atomic E-state index is 0.187. The molecule has 5 aromatic rings. The number of fused-ring (bicyclic) bond motifs is 1. The van der Waals surface area contributed by atoms with Gasteiger partial charge < -0.3 is 46.1 Å². The molecule has 0 saturated carbocycles. The molecule has 370 valence electrons. The topological polar surface area (TPSA) is 204 Å². The van der Waals surface area contributed by atoms with Crippen molar-refractivity contribution in [3.63, 3.8) is 0 Å². The summed E-state index contributed by atoms with van der Waals surface area (Å²) in [6.45, 7) is 11.3. The lowest BCUT2D eigenvalue weighted by atomic mass is 9.94. The second kappa shape index (κ2) is 37.1. The number of hydrogen-bond acceptors (Lipinski definition) is 13. The first-order valence-corrected chi connectivity index (χ1v) is 24.1. The Kier molecular flexibility index (Phi) is 31.8. The van der Waals surface area contributed by atoms with Gasteiger partial charge in [-0.15, -0.1) is 11.3 Å². The van der Waals surface area contributed by atoms with Crippen LogP contribution in [0.4, 0.5) is 5.69 Å². The fourth-order valence-electron chi connectivity index (χ4n) is 7.04. The average Bonchev–Trinajstić information content (AvgIpc) is 3.83. The second-order valence-corrected chi connectivity index (χ2v) is 15.8. The number of likely N-dealkylation sites (N-methyl/N-ethyl adjacent to an activating group) is 1. The van der Waals surface area contributed by atoms with Gasteiger partial charge in [-0.25, -0.2) is 4.98 Å². The number of rotatable bonds is 23. The highest BCUT2D eigenvalue weighted by molar-refractivity contribution is 7.07. The van der Waals surface area contributed by atoms with Crippen molar-refractivity contribution in [3.05, 3.63) is 124 Å². The summed E-state index contributed by atoms with van der Waals surface area (Å²) in [7, 11) is 5.17. The van der Waals surface area contributed by atoms with E-state index in [-0.39, 0.29) is 12.3 Å². The summed E-state index contributed by atoms with van der Waals surface area (Å²) in [6, 6.07) is 27.7. The largest absolute Gasteiger partial charge is 0.378 e. The summed E-state index contributed by atoms with van der Waals surface area (Å²) in [5, 5.41) is 6.73. The van der Waals surface area contributed by atoms with Gasteiger partial charge in [0, 0.05) is 68.2 Å². The van der Waals surface area contributed by atoms with Crippen LogP contribution >= 0.6 is 11.3 Å². The molecule has 68 heavy (non-hydrogen) atoms. The van der Waals surface area contributed by atoms with Crippen LogP contribution in [0, 0.1) is 0 Å². The third kappa shape index (κ3) is 22.7. The number of anilines is 1. The number of aromatic nitrogens is 2. The van der Waals surface area contributed by atoms with Gasteiger partial charge in [-0.3, -0.25) is 24.2 Å². The SMILES string of the molecule is CCN(CC)c1ccc(-c2cccc(CCN(C)CCOCCOCCOCCNC(=O)c3cscn3)c2)c(-c2cc(C=O)ccn2)c1.CN.CNC=O.NC=O.c1ccc2c(c1)CCCCC2. The molecule has 0 spiro atoms. The molecule has 1 aliphatic carbocycles. The van der Waals surface area contributed by atoms with Gasteiger partial charge in [-0.2, -0.15) is 0 Å². The number of nitrogens with one attached hydrogen (secondary N) is 2. The van der Waals surface area contributed by atoms with E-state index in [1.807, 2.05) is 6.07 Å². The molecule has 2 aromatic heterocycles. The molecule has 6 rings (SSSR count). The Bertz CT molecular complexity index is 2100. The Morgan fingerprint density at radius 1 is 0.779 bits per heavy atom. The molecule has 0 unspecified atom stereocenters. The number of carbonyl (C=O) groups excluding carboxylic acids is 4. The molecule has 0 saturated heterocycles. The number of nitrogens with zero attached hydrogens (tertiary/aromatic N) is 4. The number of pyridine rings is 1. The first-order valence-electron chi connectivity index (χ1n) is 23.2. The van der Waals surface area contributed by atoms with E-state index in [9.17, 15) is 9.59 Å². The third-order valence-corrected chi connectivity index (χ3v) is 11.1. The number of nitrogens with two attached hydrogens (primary N) is 2. The summed E-state index contributed by atoms with van der Waals surface area (Å²) in [5.41, 5.74) is 20.9. The fraction of sp³-hybridized carbons (Fsp3) is 0.423. The summed E-state index contributed by atoms with van der Waals surface area (Å²) >= 11 is 1.39. The minimum atomic E-state index is -0.187. The van der Waals surface area contributed by atoms with Crippen LogP contribution in [-0.2, 0) is 43.1 Å². The zero-order chi connectivity index (χ0) is 49.6. The Morgan fingerprint density at radius 3 is 2.03 bits per heavy atom. The van der Waals surface area contributed by atoms with Gasteiger partial charge in [-0.05, 0) is 112 Å². The van der Waals surface area contributed by atoms with Crippen molar-refractivity contribution in [1.29, 1.82) is 0 Å². The van der Waals surface area contributed by atoms with Crippen molar-refractivity contribution in [2.45, 2.75) is 52.4 Å². The lowest BCUT2D eigenvalue weighted by molar-refractivity contribution is -0.109. The number of carbonyl (C=O) groups is 4. The zero-order valence-electron chi connectivity index (χ0n) is 40.7. The number of ether oxygens (including phenoxy) is 3. The van der Waals surface area contributed by atoms with E-state index in [1.165, 1.54) is 56.1 Å². The lowest BCUT2D eigenvalue weighted by Crippen LogP contribution is -2.28. The number of benzene rings is 3. The predicted octanol–water partition coefficient (Wildman–Crippen LogP) is 6.48. The molecule has 3 amide bonds. The molecule has 2 heterocycles. The predicted molar refractivity (Wildman–Crippen MR) is 275 cm³/mol. The van der Waals surface area contributed by atoms with Crippen molar-refractivity contribution in [1.82, 2.24) is 25.5 Å². The highest BCUT2D eigenvalue weighted by Gasteiger charge is 2.14. The van der Waals surface area contributed by atoms with E-state index in [4.69, 9.17) is 23.8 Å². The first kappa shape index (κ1) is 58.2. The third-order valence-electron chi connectivity index (χ3n) is 10.5. The lowest BCUT2D eigenvalue weighted by Gasteiger charge is -2.23. The van der Waals surface area contributed by atoms with Crippen molar-refractivity contribution in [3.8, 4) is 22.4 Å². The molecule has 15 nitrogen and oxygen atoms in total. The minimum Gasteiger partial charge on any atom is -0.378 e. The Labute approximate surface area is 408 Å². The standard InChI is InChI=1S/C37H47N5O5S.C11H14.C2H5NO.CH3NO.CH5N/c1-4-42(5-2)32-9-10-33(34(25-32)35-24-30(26-43)11-13-38-35)31-8-6-7-29(23-31)12-15-41(3)16-18-46-20-22-47-21-19-45-17-14-39-37(44)36-27-48-28-40-36;1-2-6-10-8-4-5-9-11(10)7-3-1;1-3-2-4;2-1-3;1-2/h6-11,13,23-28H,4-5,12,14-22H2,1-3H3,(H,39,44);4-5,8-9H,1-3,6-7H2;2H,1H3,(H,3,4);1H,(H2,2,3);2H2,1H3. The van der Waals surface area contributed by atoms with Gasteiger partial charge >= 0.3 is 0 Å². The van der Waals surface area contributed by atoms with Gasteiger partial charge in [0.15, 0.2) is 0 Å². The first-order chi connectivity index (χ1) is 33.3. The Hall–Kier alpha value is -5.88. The maximum atomic E-state index is 11.8. The van der Waals surface area contributed by atoms with E-state index >= 15 is 0 Å². The molecule has 6 N–H and O–H groups in total. The zero-order valence-corrected chi connectivity index (χ0v) is 41.5. The maximum absolute atomic E-state index is 11.8. The molecule has 0 bridgehead atoms. The molecule has 3 aromatic carbocycles. The van der Waals surface area contributed by atoms with E-state index in [0.717, 1.165) is 67.0 Å². The normalized spacial score (nSPS) is 11.2. The highest BCUT2D eigenvalue weighted by Crippen LogP contribution is 2.35. The van der Waals surface area contributed by atoms with Crippen LogP contribution in [0.2, 0.25) is 0 Å². The van der Waals surface area contributed by atoms with Gasteiger partial charge in [0.25, 0.3) is 5.91 Å². The monoisotopic (exact) mass is 955 g/mol. The quantitative estimate of drug-likeness (QED) is 0.0316. The molecule has 0 atom stereocenters. The number of amides is 3. The summed E-state index contributed by atoms with van der Waals surface area (Å²) in [4.78, 5) is 54.2. The second-order valence-electron chi connectivity index (χ2n) is 15.1. The van der Waals surface area contributed by atoms with E-state index in [1.54, 1.807) is 41.3 Å². The molecule has 0 fully saturated rings. The van der Waals surface area contributed by atoms with E-state index in [0.29, 0.717) is 63.9 Å². The van der Waals surface area contributed by atoms with Crippen LogP contribution in [0.15, 0.2) is 96.0 Å². The van der Waals surface area contributed by atoms with Gasteiger partial charge in [0.2, 0.25) is 12.8 Å². The van der Waals surface area contributed by atoms with Crippen molar-refractivity contribution in [2.24, 2.45) is 11.5 Å². The van der Waals surface area contributed by atoms with Crippen LogP contribution in [0.25, 0.3) is 22.4 Å². The number of thiazole rings is 1. The molecule has 0 aliphatic heterocycles. The highest BCUT2D eigenvalue weighted by atomic mass is 32.1. The van der Waals surface area contributed by atoms with Crippen LogP contribution < -0.4 is 27.0 Å². The molecule has 16 heteroatoms. The molecular formula is C52H74N8O7S. The Balaban J connectivity index is 0.000000656. The van der Waals surface area contributed by atoms with Crippen LogP contribution in [0.3, 0.4) is 0 Å². The van der Waals surface area contributed by atoms with E-state index in [2.05, 4.69) is 129 Å². The van der Waals surface area contributed by atoms with E-state index < -0.39 is 0 Å². The van der Waals surface area contributed by atoms with Crippen molar-refractivity contribution >= 4 is 42.0 Å².